The van der Waals surface area contributed by atoms with Crippen LogP contribution in [0.4, 0.5) is 17.1 Å². The Hall–Kier alpha value is -6.18. The van der Waals surface area contributed by atoms with Gasteiger partial charge < -0.3 is 4.90 Å². The van der Waals surface area contributed by atoms with Crippen molar-refractivity contribution in [3.05, 3.63) is 199 Å². The van der Waals surface area contributed by atoms with E-state index < -0.39 is 0 Å². The first kappa shape index (κ1) is 29.9. The Balaban J connectivity index is 1.26. The lowest BCUT2D eigenvalue weighted by Crippen LogP contribution is -2.16. The van der Waals surface area contributed by atoms with E-state index in [0.29, 0.717) is 0 Å². The zero-order chi connectivity index (χ0) is 33.7. The van der Waals surface area contributed by atoms with Gasteiger partial charge in [-0.3, -0.25) is 0 Å². The lowest BCUT2D eigenvalue weighted by atomic mass is 9.82. The van der Waals surface area contributed by atoms with Gasteiger partial charge in [0, 0.05) is 22.5 Å². The molecule has 0 bridgehead atoms. The zero-order valence-corrected chi connectivity index (χ0v) is 28.3. The lowest BCUT2D eigenvalue weighted by Gasteiger charge is -2.29. The Bertz CT molecular complexity index is 2510. The molecule has 1 nitrogen and oxygen atoms in total. The molecular weight excluding hydrogens is 603 g/mol. The summed E-state index contributed by atoms with van der Waals surface area (Å²) in [5.41, 5.74) is 15.9. The standard InChI is InChI=1S/C49H37N/c1-49(2)47-23-12-11-22-44(47)45-29-27-42(33-48(45)49)50(40-25-24-35-16-9-10-19-38(35)31-40)41-26-28-43(36-17-7-4-8-18-36)46(32-41)39-21-13-20-37(30-39)34-14-5-3-6-15-34/h3-33H,1-2H3. The highest BCUT2D eigenvalue weighted by Gasteiger charge is 2.35. The Morgan fingerprint density at radius 3 is 1.68 bits per heavy atom. The highest BCUT2D eigenvalue weighted by molar-refractivity contribution is 5.93. The lowest BCUT2D eigenvalue weighted by molar-refractivity contribution is 0.660. The van der Waals surface area contributed by atoms with Crippen molar-refractivity contribution in [2.24, 2.45) is 0 Å². The van der Waals surface area contributed by atoms with Crippen LogP contribution in [0.2, 0.25) is 0 Å². The second kappa shape index (κ2) is 12.1. The molecule has 1 aliphatic carbocycles. The van der Waals surface area contributed by atoms with Gasteiger partial charge in [0.15, 0.2) is 0 Å². The van der Waals surface area contributed by atoms with Crippen LogP contribution in [0.25, 0.3) is 55.3 Å². The minimum absolute atomic E-state index is 0.100. The van der Waals surface area contributed by atoms with Crippen molar-refractivity contribution in [3.8, 4) is 44.5 Å². The van der Waals surface area contributed by atoms with Gasteiger partial charge in [-0.05, 0) is 109 Å². The number of anilines is 3. The van der Waals surface area contributed by atoms with Crippen molar-refractivity contribution >= 4 is 27.8 Å². The van der Waals surface area contributed by atoms with Crippen LogP contribution in [0, 0.1) is 0 Å². The van der Waals surface area contributed by atoms with E-state index in [4.69, 9.17) is 0 Å². The molecule has 0 unspecified atom stereocenters. The third-order valence-electron chi connectivity index (χ3n) is 10.4. The molecule has 0 fully saturated rings. The maximum absolute atomic E-state index is 2.44. The molecule has 1 aliphatic rings. The summed E-state index contributed by atoms with van der Waals surface area (Å²) < 4.78 is 0. The predicted octanol–water partition coefficient (Wildman–Crippen LogP) is 13.6. The van der Waals surface area contributed by atoms with E-state index in [2.05, 4.69) is 207 Å². The summed E-state index contributed by atoms with van der Waals surface area (Å²) in [6.45, 7) is 4.71. The smallest absolute Gasteiger partial charge is 0.0468 e. The second-order valence-electron chi connectivity index (χ2n) is 13.8. The predicted molar refractivity (Wildman–Crippen MR) is 213 cm³/mol. The number of benzene rings is 8. The SMILES string of the molecule is CC1(C)c2ccccc2-c2ccc(N(c3ccc(-c4ccccc4)c(-c4cccc(-c5ccccc5)c4)c3)c3ccc4ccccc4c3)cc21. The van der Waals surface area contributed by atoms with Crippen LogP contribution in [0.1, 0.15) is 25.0 Å². The van der Waals surface area contributed by atoms with Crippen molar-refractivity contribution in [1.82, 2.24) is 0 Å². The van der Waals surface area contributed by atoms with Crippen molar-refractivity contribution in [2.75, 3.05) is 4.90 Å². The minimum Gasteiger partial charge on any atom is -0.310 e. The summed E-state index contributed by atoms with van der Waals surface area (Å²) >= 11 is 0. The average molecular weight is 640 g/mol. The van der Waals surface area contributed by atoms with Gasteiger partial charge in [0.1, 0.15) is 0 Å². The van der Waals surface area contributed by atoms with E-state index in [-0.39, 0.29) is 5.41 Å². The van der Waals surface area contributed by atoms with Crippen LogP contribution >= 0.6 is 0 Å². The topological polar surface area (TPSA) is 3.24 Å². The van der Waals surface area contributed by atoms with Crippen molar-refractivity contribution in [1.29, 1.82) is 0 Å². The molecule has 1 heteroatoms. The van der Waals surface area contributed by atoms with E-state index in [1.165, 1.54) is 66.4 Å². The Morgan fingerprint density at radius 2 is 0.880 bits per heavy atom. The number of nitrogens with zero attached hydrogens (tertiary/aromatic N) is 1. The molecule has 238 valence electrons. The largest absolute Gasteiger partial charge is 0.310 e. The summed E-state index contributed by atoms with van der Waals surface area (Å²) in [5, 5.41) is 2.46. The molecule has 0 aliphatic heterocycles. The molecule has 0 aromatic heterocycles. The maximum Gasteiger partial charge on any atom is 0.0468 e. The van der Waals surface area contributed by atoms with Gasteiger partial charge in [0.25, 0.3) is 0 Å². The van der Waals surface area contributed by atoms with Gasteiger partial charge >= 0.3 is 0 Å². The van der Waals surface area contributed by atoms with Crippen molar-refractivity contribution < 1.29 is 0 Å². The second-order valence-corrected chi connectivity index (χ2v) is 13.8. The monoisotopic (exact) mass is 639 g/mol. The minimum atomic E-state index is -0.100. The Kier molecular flexibility index (Phi) is 7.21. The first-order chi connectivity index (χ1) is 24.5. The fourth-order valence-corrected chi connectivity index (χ4v) is 7.87. The average Bonchev–Trinajstić information content (AvgIpc) is 3.41. The quantitative estimate of drug-likeness (QED) is 0.175. The van der Waals surface area contributed by atoms with Crippen LogP contribution in [-0.4, -0.2) is 0 Å². The molecule has 0 amide bonds. The highest BCUT2D eigenvalue weighted by Crippen LogP contribution is 2.51. The van der Waals surface area contributed by atoms with Crippen LogP contribution in [0.5, 0.6) is 0 Å². The van der Waals surface area contributed by atoms with Gasteiger partial charge in [-0.1, -0.05) is 159 Å². The third-order valence-corrected chi connectivity index (χ3v) is 10.4. The van der Waals surface area contributed by atoms with E-state index in [9.17, 15) is 0 Å². The Morgan fingerprint density at radius 1 is 0.320 bits per heavy atom. The molecule has 0 N–H and O–H groups in total. The molecule has 0 saturated heterocycles. The van der Waals surface area contributed by atoms with Gasteiger partial charge in [-0.2, -0.15) is 0 Å². The third kappa shape index (κ3) is 5.11. The van der Waals surface area contributed by atoms with Crippen molar-refractivity contribution in [3.63, 3.8) is 0 Å². The van der Waals surface area contributed by atoms with E-state index in [1.807, 2.05) is 0 Å². The van der Waals surface area contributed by atoms with Gasteiger partial charge in [0.2, 0.25) is 0 Å². The molecular formula is C49H37N. The zero-order valence-electron chi connectivity index (χ0n) is 28.3. The van der Waals surface area contributed by atoms with Crippen molar-refractivity contribution in [2.45, 2.75) is 19.3 Å². The fraction of sp³-hybridized carbons (Fsp3) is 0.0612. The molecule has 0 spiro atoms. The van der Waals surface area contributed by atoms with Gasteiger partial charge in [-0.15, -0.1) is 0 Å². The molecule has 0 heterocycles. The molecule has 9 rings (SSSR count). The molecule has 0 radical (unpaired) electrons. The molecule has 50 heavy (non-hydrogen) atoms. The maximum atomic E-state index is 2.44. The Labute approximate surface area is 294 Å². The highest BCUT2D eigenvalue weighted by atomic mass is 15.1. The number of fused-ring (bicyclic) bond motifs is 4. The molecule has 8 aromatic rings. The van der Waals surface area contributed by atoms with Crippen LogP contribution in [-0.2, 0) is 5.41 Å². The number of hydrogen-bond donors (Lipinski definition) is 0. The summed E-state index contributed by atoms with van der Waals surface area (Å²) in [7, 11) is 0. The van der Waals surface area contributed by atoms with Crippen LogP contribution in [0.3, 0.4) is 0 Å². The van der Waals surface area contributed by atoms with E-state index in [1.54, 1.807) is 0 Å². The van der Waals surface area contributed by atoms with Gasteiger partial charge in [0.05, 0.1) is 0 Å². The number of hydrogen-bond acceptors (Lipinski definition) is 1. The van der Waals surface area contributed by atoms with Crippen LogP contribution in [0.15, 0.2) is 188 Å². The summed E-state index contributed by atoms with van der Waals surface area (Å²) in [4.78, 5) is 2.44. The first-order valence-corrected chi connectivity index (χ1v) is 17.4. The summed E-state index contributed by atoms with van der Waals surface area (Å²) in [6, 6.07) is 68.7. The molecule has 0 saturated carbocycles. The van der Waals surface area contributed by atoms with Gasteiger partial charge in [-0.25, -0.2) is 0 Å². The fourth-order valence-electron chi connectivity index (χ4n) is 7.87. The van der Waals surface area contributed by atoms with E-state index >= 15 is 0 Å². The summed E-state index contributed by atoms with van der Waals surface area (Å²) in [5.74, 6) is 0. The molecule has 8 aromatic carbocycles. The summed E-state index contributed by atoms with van der Waals surface area (Å²) in [6.07, 6.45) is 0. The normalized spacial score (nSPS) is 12.8. The van der Waals surface area contributed by atoms with E-state index in [0.717, 1.165) is 17.1 Å². The molecule has 0 atom stereocenters. The first-order valence-electron chi connectivity index (χ1n) is 17.4. The van der Waals surface area contributed by atoms with Crippen LogP contribution < -0.4 is 4.90 Å². The number of rotatable bonds is 6.